The van der Waals surface area contributed by atoms with Gasteiger partial charge in [-0.05, 0) is 18.4 Å². The zero-order valence-electron chi connectivity index (χ0n) is 11.5. The summed E-state index contributed by atoms with van der Waals surface area (Å²) in [5, 5.41) is 19.2. The van der Waals surface area contributed by atoms with Crippen LogP contribution in [0.1, 0.15) is 18.4 Å². The molecule has 1 aromatic rings. The van der Waals surface area contributed by atoms with Gasteiger partial charge in [0, 0.05) is 6.54 Å². The van der Waals surface area contributed by atoms with Gasteiger partial charge in [-0.1, -0.05) is 30.3 Å². The van der Waals surface area contributed by atoms with Crippen molar-refractivity contribution in [3.05, 3.63) is 35.9 Å². The lowest BCUT2D eigenvalue weighted by Gasteiger charge is -2.38. The highest BCUT2D eigenvalue weighted by atomic mass is 16.5. The highest BCUT2D eigenvalue weighted by molar-refractivity contribution is 5.77. The summed E-state index contributed by atoms with van der Waals surface area (Å²) in [7, 11) is 0. The number of carbonyl (C=O) groups is 1. The molecule has 0 bridgehead atoms. The molecule has 1 aromatic carbocycles. The Kier molecular flexibility index (Phi) is 5.11. The van der Waals surface area contributed by atoms with Gasteiger partial charge in [0.25, 0.3) is 0 Å². The molecule has 1 heterocycles. The number of aliphatic hydroxyl groups is 2. The SMILES string of the molecule is O=C(COCc1ccccc1)N1CCCC(O)(CO)C1. The molecule has 0 radical (unpaired) electrons. The van der Waals surface area contributed by atoms with Gasteiger partial charge >= 0.3 is 0 Å². The quantitative estimate of drug-likeness (QED) is 0.826. The summed E-state index contributed by atoms with van der Waals surface area (Å²) >= 11 is 0. The van der Waals surface area contributed by atoms with Crippen molar-refractivity contribution >= 4 is 5.91 Å². The fourth-order valence-electron chi connectivity index (χ4n) is 2.38. The van der Waals surface area contributed by atoms with Crippen molar-refractivity contribution in [3.63, 3.8) is 0 Å². The Balaban J connectivity index is 1.77. The maximum Gasteiger partial charge on any atom is 0.248 e. The molecular weight excluding hydrogens is 258 g/mol. The average Bonchev–Trinajstić information content (AvgIpc) is 2.48. The van der Waals surface area contributed by atoms with Gasteiger partial charge in [-0.15, -0.1) is 0 Å². The first kappa shape index (κ1) is 15.0. The van der Waals surface area contributed by atoms with E-state index in [2.05, 4.69) is 0 Å². The highest BCUT2D eigenvalue weighted by Gasteiger charge is 2.34. The van der Waals surface area contributed by atoms with E-state index in [0.29, 0.717) is 26.0 Å². The molecule has 2 rings (SSSR count). The molecule has 0 aliphatic carbocycles. The summed E-state index contributed by atoms with van der Waals surface area (Å²) in [6.45, 7) is 0.857. The van der Waals surface area contributed by atoms with Crippen LogP contribution in [0.5, 0.6) is 0 Å². The van der Waals surface area contributed by atoms with E-state index in [-0.39, 0.29) is 25.7 Å². The predicted octanol–water partition coefficient (Wildman–Crippen LogP) is 0.549. The summed E-state index contributed by atoms with van der Waals surface area (Å²) in [6.07, 6.45) is 1.22. The third kappa shape index (κ3) is 4.03. The van der Waals surface area contributed by atoms with Crippen LogP contribution in [-0.4, -0.2) is 52.9 Å². The molecule has 0 spiro atoms. The lowest BCUT2D eigenvalue weighted by Crippen LogP contribution is -2.53. The van der Waals surface area contributed by atoms with E-state index in [1.165, 1.54) is 0 Å². The second-order valence-electron chi connectivity index (χ2n) is 5.28. The fourth-order valence-corrected chi connectivity index (χ4v) is 2.38. The molecule has 1 unspecified atom stereocenters. The molecule has 1 atom stereocenters. The molecule has 1 aliphatic heterocycles. The van der Waals surface area contributed by atoms with Gasteiger partial charge in [0.05, 0.1) is 19.8 Å². The number of amides is 1. The first-order chi connectivity index (χ1) is 9.63. The molecule has 110 valence electrons. The molecule has 5 nitrogen and oxygen atoms in total. The van der Waals surface area contributed by atoms with Crippen LogP contribution in [0.25, 0.3) is 0 Å². The molecule has 1 fully saturated rings. The lowest BCUT2D eigenvalue weighted by molar-refractivity contribution is -0.145. The number of β-amino-alcohol motifs (C(OH)–C–C–N with tert-alkyl or cyclic N) is 1. The lowest BCUT2D eigenvalue weighted by atomic mass is 9.94. The predicted molar refractivity (Wildman–Crippen MR) is 73.9 cm³/mol. The number of nitrogens with zero attached hydrogens (tertiary/aromatic N) is 1. The Bertz CT molecular complexity index is 437. The van der Waals surface area contributed by atoms with Crippen LogP contribution in [0.3, 0.4) is 0 Å². The van der Waals surface area contributed by atoms with E-state index in [4.69, 9.17) is 9.84 Å². The van der Waals surface area contributed by atoms with Crippen LogP contribution >= 0.6 is 0 Å². The minimum Gasteiger partial charge on any atom is -0.393 e. The second-order valence-corrected chi connectivity index (χ2v) is 5.28. The Morgan fingerprint density at radius 3 is 2.80 bits per heavy atom. The smallest absolute Gasteiger partial charge is 0.248 e. The number of aliphatic hydroxyl groups excluding tert-OH is 1. The number of rotatable bonds is 5. The largest absolute Gasteiger partial charge is 0.393 e. The maximum atomic E-state index is 12.0. The summed E-state index contributed by atoms with van der Waals surface area (Å²) in [6, 6.07) is 9.66. The monoisotopic (exact) mass is 279 g/mol. The zero-order chi connectivity index (χ0) is 14.4. The van der Waals surface area contributed by atoms with E-state index in [1.807, 2.05) is 30.3 Å². The van der Waals surface area contributed by atoms with Gasteiger partial charge in [0.2, 0.25) is 5.91 Å². The number of likely N-dealkylation sites (tertiary alicyclic amines) is 1. The first-order valence-corrected chi connectivity index (χ1v) is 6.86. The van der Waals surface area contributed by atoms with E-state index >= 15 is 0 Å². The number of hydrogen-bond donors (Lipinski definition) is 2. The van der Waals surface area contributed by atoms with E-state index < -0.39 is 5.60 Å². The average molecular weight is 279 g/mol. The third-order valence-electron chi connectivity index (χ3n) is 3.54. The number of hydrogen-bond acceptors (Lipinski definition) is 4. The van der Waals surface area contributed by atoms with Crippen molar-refractivity contribution in [1.82, 2.24) is 4.90 Å². The standard InChI is InChI=1S/C15H21NO4/c17-12-15(19)7-4-8-16(11-15)14(18)10-20-9-13-5-2-1-3-6-13/h1-3,5-6,17,19H,4,7-12H2. The summed E-state index contributed by atoms with van der Waals surface area (Å²) in [4.78, 5) is 13.6. The van der Waals surface area contributed by atoms with Crippen LogP contribution < -0.4 is 0 Å². The van der Waals surface area contributed by atoms with Crippen LogP contribution in [-0.2, 0) is 16.1 Å². The van der Waals surface area contributed by atoms with E-state index in [1.54, 1.807) is 4.90 Å². The Labute approximate surface area is 118 Å². The zero-order valence-corrected chi connectivity index (χ0v) is 11.5. The van der Waals surface area contributed by atoms with Gasteiger partial charge in [0.1, 0.15) is 12.2 Å². The summed E-state index contributed by atoms with van der Waals surface area (Å²) in [5.74, 6) is -0.146. The molecule has 5 heteroatoms. The first-order valence-electron chi connectivity index (χ1n) is 6.86. The van der Waals surface area contributed by atoms with Crippen molar-refractivity contribution < 1.29 is 19.7 Å². The normalized spacial score (nSPS) is 22.8. The molecule has 1 saturated heterocycles. The van der Waals surface area contributed by atoms with Gasteiger partial charge in [-0.2, -0.15) is 0 Å². The van der Waals surface area contributed by atoms with Crippen LogP contribution in [0.4, 0.5) is 0 Å². The van der Waals surface area contributed by atoms with Gasteiger partial charge in [-0.25, -0.2) is 0 Å². The fraction of sp³-hybridized carbons (Fsp3) is 0.533. The van der Waals surface area contributed by atoms with E-state index in [0.717, 1.165) is 5.56 Å². The van der Waals surface area contributed by atoms with Gasteiger partial charge < -0.3 is 19.8 Å². The molecule has 0 aromatic heterocycles. The third-order valence-corrected chi connectivity index (χ3v) is 3.54. The molecule has 1 aliphatic rings. The Hall–Kier alpha value is -1.43. The number of carbonyl (C=O) groups excluding carboxylic acids is 1. The Morgan fingerprint density at radius 2 is 2.10 bits per heavy atom. The van der Waals surface area contributed by atoms with Crippen molar-refractivity contribution in [3.8, 4) is 0 Å². The number of piperidine rings is 1. The van der Waals surface area contributed by atoms with Gasteiger partial charge in [-0.3, -0.25) is 4.79 Å². The van der Waals surface area contributed by atoms with Crippen molar-refractivity contribution in [2.75, 3.05) is 26.3 Å². The second kappa shape index (κ2) is 6.83. The minimum absolute atomic E-state index is 0.00357. The van der Waals surface area contributed by atoms with Crippen LogP contribution in [0.15, 0.2) is 30.3 Å². The topological polar surface area (TPSA) is 70.0 Å². The van der Waals surface area contributed by atoms with Crippen molar-refractivity contribution in [2.45, 2.75) is 25.0 Å². The number of ether oxygens (including phenoxy) is 1. The van der Waals surface area contributed by atoms with Crippen molar-refractivity contribution in [1.29, 1.82) is 0 Å². The summed E-state index contributed by atoms with van der Waals surface area (Å²) in [5.41, 5.74) is -0.140. The van der Waals surface area contributed by atoms with Crippen molar-refractivity contribution in [2.24, 2.45) is 0 Å². The minimum atomic E-state index is -1.16. The maximum absolute atomic E-state index is 12.0. The summed E-state index contributed by atoms with van der Waals surface area (Å²) < 4.78 is 5.40. The highest BCUT2D eigenvalue weighted by Crippen LogP contribution is 2.20. The van der Waals surface area contributed by atoms with Crippen LogP contribution in [0, 0.1) is 0 Å². The van der Waals surface area contributed by atoms with Crippen LogP contribution in [0.2, 0.25) is 0 Å². The molecule has 20 heavy (non-hydrogen) atoms. The number of benzene rings is 1. The van der Waals surface area contributed by atoms with Gasteiger partial charge in [0.15, 0.2) is 0 Å². The molecular formula is C15H21NO4. The van der Waals surface area contributed by atoms with E-state index in [9.17, 15) is 9.90 Å². The molecule has 0 saturated carbocycles. The molecule has 2 N–H and O–H groups in total. The molecule has 1 amide bonds. The Morgan fingerprint density at radius 1 is 1.35 bits per heavy atom.